The topological polar surface area (TPSA) is 30.7 Å². The molecule has 0 fully saturated rings. The van der Waals surface area contributed by atoms with Gasteiger partial charge in [-0.2, -0.15) is 0 Å². The Morgan fingerprint density at radius 3 is 2.42 bits per heavy atom. The molecule has 0 aliphatic heterocycles. The van der Waals surface area contributed by atoms with E-state index in [0.717, 1.165) is 32.5 Å². The summed E-state index contributed by atoms with van der Waals surface area (Å²) in [4.78, 5) is 9.18. The number of fused-ring (bicyclic) bond motifs is 1. The first-order valence-electron chi connectivity index (χ1n) is 10.1. The molecule has 3 aromatic carbocycles. The summed E-state index contributed by atoms with van der Waals surface area (Å²) in [6, 6.07) is 23.7. The second kappa shape index (κ2) is 8.13. The number of aromatic nitrogens is 3. The molecular weight excluding hydrogens is 448 g/mol. The van der Waals surface area contributed by atoms with E-state index in [1.807, 2.05) is 38.5 Å². The molecule has 0 radical (unpaired) electrons. The number of aryl methyl sites for hydroxylation is 1. The van der Waals surface area contributed by atoms with Crippen LogP contribution in [0.3, 0.4) is 0 Å². The van der Waals surface area contributed by atoms with Crippen LogP contribution in [0.2, 0.25) is 0 Å². The average molecular weight is 469 g/mol. The van der Waals surface area contributed by atoms with Gasteiger partial charge in [-0.25, -0.2) is 0 Å². The van der Waals surface area contributed by atoms with Crippen LogP contribution in [0.4, 0.5) is 4.39 Å². The number of imidazole rings is 1. The Balaban J connectivity index is 1.55. The van der Waals surface area contributed by atoms with Crippen LogP contribution in [0.25, 0.3) is 33.2 Å². The Hall–Kier alpha value is -3.23. The molecule has 2 aromatic heterocycles. The van der Waals surface area contributed by atoms with Crippen molar-refractivity contribution in [2.45, 2.75) is 6.92 Å². The van der Waals surface area contributed by atoms with E-state index in [9.17, 15) is 4.39 Å². The van der Waals surface area contributed by atoms with E-state index in [-0.39, 0.29) is 5.82 Å². The number of benzene rings is 3. The number of halogens is 1. The summed E-state index contributed by atoms with van der Waals surface area (Å²) in [6.07, 6.45) is 3.82. The fourth-order valence-corrected chi connectivity index (χ4v) is 6.31. The zero-order valence-electron chi connectivity index (χ0n) is 17.3. The molecule has 2 heterocycles. The molecule has 152 valence electrons. The van der Waals surface area contributed by atoms with E-state index in [1.54, 1.807) is 0 Å². The molecule has 0 aliphatic rings. The summed E-state index contributed by atoms with van der Waals surface area (Å²) in [5, 5.41) is 2.33. The molecule has 0 amide bonds. The third-order valence-electron chi connectivity index (χ3n) is 5.60. The summed E-state index contributed by atoms with van der Waals surface area (Å²) in [5.41, 5.74) is 4.41. The van der Waals surface area contributed by atoms with Crippen LogP contribution < -0.4 is 8.83 Å². The van der Waals surface area contributed by atoms with Crippen molar-refractivity contribution in [3.8, 4) is 22.4 Å². The van der Waals surface area contributed by atoms with Gasteiger partial charge in [0.25, 0.3) is 0 Å². The Kier molecular flexibility index (Phi) is 5.17. The van der Waals surface area contributed by atoms with Crippen LogP contribution in [-0.4, -0.2) is 30.3 Å². The van der Waals surface area contributed by atoms with Gasteiger partial charge < -0.3 is 0 Å². The van der Waals surface area contributed by atoms with E-state index in [2.05, 4.69) is 58.1 Å². The monoisotopic (exact) mass is 469 g/mol. The van der Waals surface area contributed by atoms with Crippen molar-refractivity contribution in [1.82, 2.24) is 14.5 Å². The van der Waals surface area contributed by atoms with Crippen molar-refractivity contribution in [3.05, 3.63) is 96.8 Å². The first-order valence-corrected chi connectivity index (χ1v) is 12.2. The molecule has 1 unspecified atom stereocenters. The van der Waals surface area contributed by atoms with Gasteiger partial charge in [-0.15, -0.1) is 0 Å². The van der Waals surface area contributed by atoms with E-state index in [0.29, 0.717) is 0 Å². The van der Waals surface area contributed by atoms with Gasteiger partial charge in [-0.05, 0) is 0 Å². The van der Waals surface area contributed by atoms with Crippen LogP contribution in [-0.2, 0) is 7.05 Å². The maximum atomic E-state index is 13.4. The molecule has 0 N–H and O–H groups in total. The van der Waals surface area contributed by atoms with Crippen molar-refractivity contribution in [1.29, 1.82) is 0 Å². The normalized spacial score (nSPS) is 11.6. The van der Waals surface area contributed by atoms with Crippen molar-refractivity contribution < 1.29 is 4.39 Å². The summed E-state index contributed by atoms with van der Waals surface area (Å²) in [5.74, 6) is 0.780. The van der Waals surface area contributed by atoms with E-state index in [1.165, 1.54) is 27.4 Å². The van der Waals surface area contributed by atoms with Crippen LogP contribution >= 0.6 is 0 Å². The van der Waals surface area contributed by atoms with Gasteiger partial charge in [-0.3, -0.25) is 0 Å². The third-order valence-corrected chi connectivity index (χ3v) is 8.19. The molecule has 31 heavy (non-hydrogen) atoms. The minimum absolute atomic E-state index is 0.221. The van der Waals surface area contributed by atoms with Gasteiger partial charge in [0.05, 0.1) is 0 Å². The SMILES string of the molecule is Cc1ncc(-c2cccc([AsH]c3nccc4c(-c5ccc(F)cc5)cccc34)c2)n1C. The predicted octanol–water partition coefficient (Wildman–Crippen LogP) is 4.14. The first-order chi connectivity index (χ1) is 15.1. The predicted molar refractivity (Wildman–Crippen MR) is 127 cm³/mol. The van der Waals surface area contributed by atoms with E-state index >= 15 is 0 Å². The summed E-state index contributed by atoms with van der Waals surface area (Å²) >= 11 is -0.639. The maximum absolute atomic E-state index is 13.4. The third kappa shape index (κ3) is 3.80. The Morgan fingerprint density at radius 1 is 0.839 bits per heavy atom. The Morgan fingerprint density at radius 2 is 1.65 bits per heavy atom. The summed E-state index contributed by atoms with van der Waals surface area (Å²) in [6.45, 7) is 2.01. The second-order valence-electron chi connectivity index (χ2n) is 7.52. The van der Waals surface area contributed by atoms with Gasteiger partial charge in [0.15, 0.2) is 0 Å². The van der Waals surface area contributed by atoms with Gasteiger partial charge in [0.2, 0.25) is 0 Å². The van der Waals surface area contributed by atoms with Crippen LogP contribution in [0.15, 0.2) is 85.2 Å². The zero-order chi connectivity index (χ0) is 21.4. The van der Waals surface area contributed by atoms with Gasteiger partial charge >= 0.3 is 187 Å². The number of nitrogens with zero attached hydrogens (tertiary/aromatic N) is 3. The standard InChI is InChI=1S/C26H21AsFN3/c1-17-30-16-25(31(17)2)19-5-3-6-20(15-19)27-26-24-8-4-7-22(23(24)13-14-29-26)18-9-11-21(28)12-10-18/h3-16,27H,1-2H3. The molecular formula is C26H21AsFN3. The van der Waals surface area contributed by atoms with Crippen LogP contribution in [0, 0.1) is 12.7 Å². The fourth-order valence-electron chi connectivity index (χ4n) is 3.85. The minimum atomic E-state index is -0.639. The average Bonchev–Trinajstić information content (AvgIpc) is 3.13. The molecule has 5 aromatic rings. The van der Waals surface area contributed by atoms with Crippen molar-refractivity contribution in [2.75, 3.05) is 0 Å². The van der Waals surface area contributed by atoms with E-state index in [4.69, 9.17) is 4.98 Å². The molecule has 0 spiro atoms. The quantitative estimate of drug-likeness (QED) is 0.371. The van der Waals surface area contributed by atoms with Crippen molar-refractivity contribution >= 4 is 35.4 Å². The van der Waals surface area contributed by atoms with Gasteiger partial charge in [0, 0.05) is 0 Å². The van der Waals surface area contributed by atoms with Gasteiger partial charge in [0.1, 0.15) is 0 Å². The molecule has 0 saturated carbocycles. The molecule has 0 bridgehead atoms. The summed E-state index contributed by atoms with van der Waals surface area (Å²) < 4.78 is 18.0. The Labute approximate surface area is 187 Å². The van der Waals surface area contributed by atoms with Crippen molar-refractivity contribution in [2.24, 2.45) is 7.05 Å². The molecule has 0 aliphatic carbocycles. The summed E-state index contributed by atoms with van der Waals surface area (Å²) in [7, 11) is 2.05. The second-order valence-corrected chi connectivity index (χ2v) is 10.3. The van der Waals surface area contributed by atoms with Crippen molar-refractivity contribution in [3.63, 3.8) is 0 Å². The molecule has 5 rings (SSSR count). The zero-order valence-corrected chi connectivity index (χ0v) is 19.4. The fraction of sp³-hybridized carbons (Fsp3) is 0.0769. The Bertz CT molecular complexity index is 1390. The molecule has 5 heteroatoms. The number of rotatable bonds is 4. The van der Waals surface area contributed by atoms with Crippen LogP contribution in [0.5, 0.6) is 0 Å². The molecule has 1 atom stereocenters. The number of hydrogen-bond acceptors (Lipinski definition) is 2. The van der Waals surface area contributed by atoms with Crippen LogP contribution in [0.1, 0.15) is 5.82 Å². The number of hydrogen-bond donors (Lipinski definition) is 0. The molecule has 3 nitrogen and oxygen atoms in total. The first kappa shape index (κ1) is 19.7. The number of pyridine rings is 1. The molecule has 0 saturated heterocycles. The van der Waals surface area contributed by atoms with Gasteiger partial charge in [-0.1, -0.05) is 0 Å². The van der Waals surface area contributed by atoms with E-state index < -0.39 is 15.8 Å².